The number of nitrogens with one attached hydrogen (secondary N) is 2. The Morgan fingerprint density at radius 3 is 2.48 bits per heavy atom. The number of aromatic nitrogens is 1. The van der Waals surface area contributed by atoms with Gasteiger partial charge in [-0.2, -0.15) is 0 Å². The molecule has 0 aliphatic rings. The van der Waals surface area contributed by atoms with Crippen LogP contribution in [0.1, 0.15) is 26.5 Å². The van der Waals surface area contributed by atoms with E-state index in [-0.39, 0.29) is 18.3 Å². The van der Waals surface area contributed by atoms with E-state index in [2.05, 4.69) is 15.6 Å². The molecule has 1 atom stereocenters. The summed E-state index contributed by atoms with van der Waals surface area (Å²) in [6.07, 6.45) is -1.24. The fourth-order valence-electron chi connectivity index (χ4n) is 2.07. The van der Waals surface area contributed by atoms with Gasteiger partial charge in [0.25, 0.3) is 5.91 Å². The van der Waals surface area contributed by atoms with E-state index in [4.69, 9.17) is 4.74 Å². The third-order valence-corrected chi connectivity index (χ3v) is 4.24. The van der Waals surface area contributed by atoms with Gasteiger partial charge in [-0.1, -0.05) is 0 Å². The average Bonchev–Trinajstić information content (AvgIpc) is 3.02. The van der Waals surface area contributed by atoms with Crippen LogP contribution in [0.4, 0.5) is 9.18 Å². The predicted molar refractivity (Wildman–Crippen MR) is 98.6 cm³/mol. The van der Waals surface area contributed by atoms with Gasteiger partial charge in [0.1, 0.15) is 10.8 Å². The van der Waals surface area contributed by atoms with Crippen molar-refractivity contribution in [2.45, 2.75) is 39.3 Å². The number of esters is 1. The fraction of sp³-hybridized carbons (Fsp3) is 0.333. The number of hydrogen-bond acceptors (Lipinski definition) is 6. The number of imide groups is 1. The number of amides is 3. The number of rotatable bonds is 6. The minimum atomic E-state index is -1.12. The zero-order valence-electron chi connectivity index (χ0n) is 15.1. The van der Waals surface area contributed by atoms with E-state index < -0.39 is 24.0 Å². The van der Waals surface area contributed by atoms with E-state index in [9.17, 15) is 18.8 Å². The minimum absolute atomic E-state index is 0.118. The normalized spacial score (nSPS) is 11.7. The summed E-state index contributed by atoms with van der Waals surface area (Å²) in [5, 5.41) is 6.94. The average molecular weight is 393 g/mol. The van der Waals surface area contributed by atoms with Gasteiger partial charge >= 0.3 is 12.0 Å². The zero-order valence-corrected chi connectivity index (χ0v) is 15.9. The second-order valence-electron chi connectivity index (χ2n) is 6.08. The van der Waals surface area contributed by atoms with Crippen LogP contribution in [-0.2, 0) is 20.7 Å². The molecule has 9 heteroatoms. The van der Waals surface area contributed by atoms with Gasteiger partial charge in [0, 0.05) is 17.0 Å². The number of carbonyl (C=O) groups is 3. The number of halogens is 1. The molecule has 0 unspecified atom stereocenters. The fourth-order valence-corrected chi connectivity index (χ4v) is 2.89. The number of nitrogens with zero attached hydrogens (tertiary/aromatic N) is 1. The van der Waals surface area contributed by atoms with Crippen LogP contribution in [0.15, 0.2) is 29.6 Å². The molecule has 1 aromatic carbocycles. The lowest BCUT2D eigenvalue weighted by Crippen LogP contribution is -2.46. The molecule has 3 amide bonds. The molecule has 0 fully saturated rings. The van der Waals surface area contributed by atoms with E-state index in [0.717, 1.165) is 5.56 Å². The Balaban J connectivity index is 1.87. The first-order chi connectivity index (χ1) is 12.7. The van der Waals surface area contributed by atoms with E-state index in [0.29, 0.717) is 10.7 Å². The number of urea groups is 1. The second kappa shape index (κ2) is 9.22. The van der Waals surface area contributed by atoms with Crippen molar-refractivity contribution in [3.8, 4) is 10.6 Å². The highest BCUT2D eigenvalue weighted by atomic mass is 32.1. The number of hydrogen-bond donors (Lipinski definition) is 2. The van der Waals surface area contributed by atoms with Gasteiger partial charge < -0.3 is 10.1 Å². The van der Waals surface area contributed by atoms with Gasteiger partial charge in [0.15, 0.2) is 6.10 Å². The molecule has 144 valence electrons. The van der Waals surface area contributed by atoms with Crippen LogP contribution < -0.4 is 10.6 Å². The van der Waals surface area contributed by atoms with Crippen molar-refractivity contribution in [1.82, 2.24) is 15.6 Å². The van der Waals surface area contributed by atoms with Crippen molar-refractivity contribution in [2.24, 2.45) is 0 Å². The lowest BCUT2D eigenvalue weighted by molar-refractivity contribution is -0.153. The molecule has 1 heterocycles. The zero-order chi connectivity index (χ0) is 20.0. The molecule has 0 saturated heterocycles. The van der Waals surface area contributed by atoms with Crippen molar-refractivity contribution in [3.05, 3.63) is 41.2 Å². The van der Waals surface area contributed by atoms with E-state index in [1.54, 1.807) is 31.4 Å². The molecule has 27 heavy (non-hydrogen) atoms. The molecule has 0 radical (unpaired) electrons. The SMILES string of the molecule is CC(C)NC(=O)NC(=O)[C@@H](C)OC(=O)Cc1csc(-c2ccc(F)cc2)n1. The topological polar surface area (TPSA) is 97.4 Å². The number of benzene rings is 1. The first-order valence-corrected chi connectivity index (χ1v) is 9.13. The minimum Gasteiger partial charge on any atom is -0.452 e. The summed E-state index contributed by atoms with van der Waals surface area (Å²) in [4.78, 5) is 39.6. The van der Waals surface area contributed by atoms with Gasteiger partial charge in [-0.25, -0.2) is 14.2 Å². The summed E-state index contributed by atoms with van der Waals surface area (Å²) in [7, 11) is 0. The lowest BCUT2D eigenvalue weighted by Gasteiger charge is -2.14. The Hall–Kier alpha value is -2.81. The molecule has 7 nitrogen and oxygen atoms in total. The molecule has 2 rings (SSSR count). The molecule has 0 aliphatic heterocycles. The molecular formula is C18H20FN3O4S. The first kappa shape index (κ1) is 20.5. The van der Waals surface area contributed by atoms with Crippen molar-refractivity contribution in [3.63, 3.8) is 0 Å². The maximum atomic E-state index is 13.0. The van der Waals surface area contributed by atoms with Gasteiger partial charge in [-0.3, -0.25) is 14.9 Å². The van der Waals surface area contributed by atoms with E-state index >= 15 is 0 Å². The van der Waals surface area contributed by atoms with Crippen molar-refractivity contribution >= 4 is 29.2 Å². The highest BCUT2D eigenvalue weighted by Crippen LogP contribution is 2.24. The molecule has 0 aliphatic carbocycles. The Kier molecular flexibility index (Phi) is 7.00. The Bertz CT molecular complexity index is 820. The van der Waals surface area contributed by atoms with Crippen LogP contribution in [0.2, 0.25) is 0 Å². The van der Waals surface area contributed by atoms with E-state index in [1.807, 2.05) is 0 Å². The van der Waals surface area contributed by atoms with Crippen LogP contribution in [0.5, 0.6) is 0 Å². The highest BCUT2D eigenvalue weighted by molar-refractivity contribution is 7.13. The number of carbonyl (C=O) groups excluding carboxylic acids is 3. The molecule has 2 N–H and O–H groups in total. The summed E-state index contributed by atoms with van der Waals surface area (Å²) in [6, 6.07) is 5.09. The smallest absolute Gasteiger partial charge is 0.321 e. The van der Waals surface area contributed by atoms with Crippen LogP contribution in [-0.4, -0.2) is 35.0 Å². The molecule has 0 saturated carbocycles. The van der Waals surface area contributed by atoms with Gasteiger partial charge in [-0.05, 0) is 45.0 Å². The predicted octanol–water partition coefficient (Wildman–Crippen LogP) is 2.66. The maximum absolute atomic E-state index is 13.0. The molecule has 2 aromatic rings. The van der Waals surface area contributed by atoms with Gasteiger partial charge in [-0.15, -0.1) is 11.3 Å². The first-order valence-electron chi connectivity index (χ1n) is 8.25. The number of ether oxygens (including phenoxy) is 1. The van der Waals surface area contributed by atoms with Crippen LogP contribution in [0, 0.1) is 5.82 Å². The van der Waals surface area contributed by atoms with Crippen LogP contribution >= 0.6 is 11.3 Å². The van der Waals surface area contributed by atoms with Crippen LogP contribution in [0.3, 0.4) is 0 Å². The standard InChI is InChI=1S/C18H20FN3O4S/c1-10(2)20-18(25)22-16(24)11(3)26-15(23)8-14-9-27-17(21-14)12-4-6-13(19)7-5-12/h4-7,9-11H,8H2,1-3H3,(H2,20,22,24,25)/t11-/m1/s1. The molecular weight excluding hydrogens is 373 g/mol. The summed E-state index contributed by atoms with van der Waals surface area (Å²) in [5.41, 5.74) is 1.22. The summed E-state index contributed by atoms with van der Waals surface area (Å²) >= 11 is 1.32. The summed E-state index contributed by atoms with van der Waals surface area (Å²) in [6.45, 7) is 4.88. The van der Waals surface area contributed by atoms with Crippen molar-refractivity contribution in [1.29, 1.82) is 0 Å². The van der Waals surface area contributed by atoms with Crippen LogP contribution in [0.25, 0.3) is 10.6 Å². The summed E-state index contributed by atoms with van der Waals surface area (Å²) < 4.78 is 18.0. The molecule has 1 aromatic heterocycles. The van der Waals surface area contributed by atoms with Gasteiger partial charge in [0.05, 0.1) is 12.1 Å². The molecule has 0 spiro atoms. The third kappa shape index (κ3) is 6.45. The van der Waals surface area contributed by atoms with Crippen molar-refractivity contribution < 1.29 is 23.5 Å². The monoisotopic (exact) mass is 393 g/mol. The lowest BCUT2D eigenvalue weighted by atomic mass is 10.2. The molecule has 0 bridgehead atoms. The second-order valence-corrected chi connectivity index (χ2v) is 6.94. The maximum Gasteiger partial charge on any atom is 0.321 e. The Labute approximate surface area is 159 Å². The Morgan fingerprint density at radius 1 is 1.19 bits per heavy atom. The van der Waals surface area contributed by atoms with Gasteiger partial charge in [0.2, 0.25) is 0 Å². The Morgan fingerprint density at radius 2 is 1.85 bits per heavy atom. The van der Waals surface area contributed by atoms with E-state index in [1.165, 1.54) is 30.4 Å². The third-order valence-electron chi connectivity index (χ3n) is 3.30. The largest absolute Gasteiger partial charge is 0.452 e. The summed E-state index contributed by atoms with van der Waals surface area (Å²) in [5.74, 6) is -1.70. The van der Waals surface area contributed by atoms with Crippen molar-refractivity contribution in [2.75, 3.05) is 0 Å². The highest BCUT2D eigenvalue weighted by Gasteiger charge is 2.21. The quantitative estimate of drug-likeness (QED) is 0.736. The number of thiazole rings is 1.